The van der Waals surface area contributed by atoms with Gasteiger partial charge in [0.15, 0.2) is 0 Å². The summed E-state index contributed by atoms with van der Waals surface area (Å²) in [6, 6.07) is 3.74. The molecule has 1 atom stereocenters. The highest BCUT2D eigenvalue weighted by Gasteiger charge is 2.20. The van der Waals surface area contributed by atoms with Gasteiger partial charge in [-0.05, 0) is 18.1 Å². The number of aromatic amines is 1. The molecule has 0 radical (unpaired) electrons. The maximum Gasteiger partial charge on any atom is 0.308 e. The third kappa shape index (κ3) is 2.80. The van der Waals surface area contributed by atoms with Crippen molar-refractivity contribution in [3.05, 3.63) is 18.3 Å². The van der Waals surface area contributed by atoms with Crippen LogP contribution in [0.15, 0.2) is 18.3 Å². The van der Waals surface area contributed by atoms with E-state index < -0.39 is 5.97 Å². The van der Waals surface area contributed by atoms with Crippen LogP contribution in [-0.2, 0) is 4.79 Å². The SMILES string of the molecule is CC(C)C(CNc1ccc[nH]1)C(=O)O. The van der Waals surface area contributed by atoms with Crippen LogP contribution >= 0.6 is 0 Å². The van der Waals surface area contributed by atoms with Crippen molar-refractivity contribution in [3.63, 3.8) is 0 Å². The van der Waals surface area contributed by atoms with Crippen LogP contribution in [0.3, 0.4) is 0 Å². The van der Waals surface area contributed by atoms with Gasteiger partial charge in [-0.2, -0.15) is 0 Å². The van der Waals surface area contributed by atoms with Gasteiger partial charge in [-0.15, -0.1) is 0 Å². The Kier molecular flexibility index (Phi) is 3.56. The van der Waals surface area contributed by atoms with Crippen LogP contribution in [0.1, 0.15) is 13.8 Å². The van der Waals surface area contributed by atoms with Crippen molar-refractivity contribution in [2.24, 2.45) is 11.8 Å². The quantitative estimate of drug-likeness (QED) is 0.672. The van der Waals surface area contributed by atoms with Gasteiger partial charge in [0, 0.05) is 12.7 Å². The van der Waals surface area contributed by atoms with Crippen LogP contribution < -0.4 is 5.32 Å². The monoisotopic (exact) mass is 196 g/mol. The molecule has 0 bridgehead atoms. The lowest BCUT2D eigenvalue weighted by molar-refractivity contribution is -0.142. The molecule has 3 N–H and O–H groups in total. The maximum atomic E-state index is 10.9. The Balaban J connectivity index is 2.45. The third-order valence-corrected chi connectivity index (χ3v) is 2.23. The summed E-state index contributed by atoms with van der Waals surface area (Å²) in [4.78, 5) is 13.8. The molecular weight excluding hydrogens is 180 g/mol. The largest absolute Gasteiger partial charge is 0.481 e. The van der Waals surface area contributed by atoms with Gasteiger partial charge in [0.2, 0.25) is 0 Å². The normalized spacial score (nSPS) is 12.8. The van der Waals surface area contributed by atoms with Crippen molar-refractivity contribution in [2.45, 2.75) is 13.8 Å². The van der Waals surface area contributed by atoms with Crippen molar-refractivity contribution < 1.29 is 9.90 Å². The number of aromatic nitrogens is 1. The fraction of sp³-hybridized carbons (Fsp3) is 0.500. The lowest BCUT2D eigenvalue weighted by atomic mass is 9.96. The average molecular weight is 196 g/mol. The highest BCUT2D eigenvalue weighted by molar-refractivity contribution is 5.71. The van der Waals surface area contributed by atoms with Gasteiger partial charge in [0.1, 0.15) is 5.82 Å². The van der Waals surface area contributed by atoms with Crippen LogP contribution in [-0.4, -0.2) is 22.6 Å². The van der Waals surface area contributed by atoms with Crippen molar-refractivity contribution in [3.8, 4) is 0 Å². The first-order valence-corrected chi connectivity index (χ1v) is 4.71. The van der Waals surface area contributed by atoms with E-state index in [1.165, 1.54) is 0 Å². The minimum atomic E-state index is -0.751. The number of H-pyrrole nitrogens is 1. The van der Waals surface area contributed by atoms with E-state index in [1.54, 1.807) is 6.20 Å². The van der Waals surface area contributed by atoms with Crippen LogP contribution in [0.4, 0.5) is 5.82 Å². The molecule has 0 aliphatic carbocycles. The van der Waals surface area contributed by atoms with Gasteiger partial charge in [0.25, 0.3) is 0 Å². The molecule has 0 aliphatic heterocycles. The summed E-state index contributed by atoms with van der Waals surface area (Å²) in [5, 5.41) is 12.0. The summed E-state index contributed by atoms with van der Waals surface area (Å²) in [7, 11) is 0. The predicted octanol–water partition coefficient (Wildman–Crippen LogP) is 1.78. The molecular formula is C10H16N2O2. The molecule has 4 heteroatoms. The Bertz CT molecular complexity index is 280. The van der Waals surface area contributed by atoms with Gasteiger partial charge in [-0.1, -0.05) is 13.8 Å². The van der Waals surface area contributed by atoms with Gasteiger partial charge >= 0.3 is 5.97 Å². The highest BCUT2D eigenvalue weighted by atomic mass is 16.4. The molecule has 1 heterocycles. The fourth-order valence-corrected chi connectivity index (χ4v) is 1.27. The van der Waals surface area contributed by atoms with Crippen LogP contribution in [0, 0.1) is 11.8 Å². The second kappa shape index (κ2) is 4.69. The zero-order valence-electron chi connectivity index (χ0n) is 8.45. The molecule has 1 rings (SSSR count). The first-order valence-electron chi connectivity index (χ1n) is 4.71. The molecule has 0 fully saturated rings. The van der Waals surface area contributed by atoms with E-state index in [4.69, 9.17) is 5.11 Å². The third-order valence-electron chi connectivity index (χ3n) is 2.23. The standard InChI is InChI=1S/C10H16N2O2/c1-7(2)8(10(13)14)6-12-9-4-3-5-11-9/h3-5,7-8,11-12H,6H2,1-2H3,(H,13,14). The molecule has 0 saturated heterocycles. The maximum absolute atomic E-state index is 10.9. The second-order valence-corrected chi connectivity index (χ2v) is 3.65. The van der Waals surface area contributed by atoms with Crippen molar-refractivity contribution in [1.29, 1.82) is 0 Å². The zero-order chi connectivity index (χ0) is 10.6. The topological polar surface area (TPSA) is 65.1 Å². The summed E-state index contributed by atoms with van der Waals surface area (Å²) in [5.74, 6) is -0.107. The molecule has 0 amide bonds. The predicted molar refractivity (Wildman–Crippen MR) is 55.2 cm³/mol. The van der Waals surface area contributed by atoms with E-state index >= 15 is 0 Å². The molecule has 0 spiro atoms. The summed E-state index contributed by atoms with van der Waals surface area (Å²) in [5.41, 5.74) is 0. The summed E-state index contributed by atoms with van der Waals surface area (Å²) in [6.45, 7) is 4.28. The Morgan fingerprint density at radius 1 is 1.64 bits per heavy atom. The minimum absolute atomic E-state index is 0.134. The van der Waals surface area contributed by atoms with E-state index in [-0.39, 0.29) is 11.8 Å². The number of aliphatic carboxylic acids is 1. The van der Waals surface area contributed by atoms with Crippen molar-refractivity contribution >= 4 is 11.8 Å². The average Bonchev–Trinajstić information content (AvgIpc) is 2.55. The summed E-state index contributed by atoms with van der Waals surface area (Å²) >= 11 is 0. The molecule has 4 nitrogen and oxygen atoms in total. The second-order valence-electron chi connectivity index (χ2n) is 3.65. The van der Waals surface area contributed by atoms with E-state index in [0.29, 0.717) is 6.54 Å². The first kappa shape index (κ1) is 10.6. The zero-order valence-corrected chi connectivity index (χ0v) is 8.45. The molecule has 0 aromatic carbocycles. The van der Waals surface area contributed by atoms with Crippen molar-refractivity contribution in [2.75, 3.05) is 11.9 Å². The van der Waals surface area contributed by atoms with Crippen molar-refractivity contribution in [1.82, 2.24) is 4.98 Å². The molecule has 78 valence electrons. The van der Waals surface area contributed by atoms with Crippen LogP contribution in [0.25, 0.3) is 0 Å². The molecule has 1 aromatic rings. The van der Waals surface area contributed by atoms with Gasteiger partial charge in [-0.25, -0.2) is 0 Å². The number of hydrogen-bond donors (Lipinski definition) is 3. The number of carboxylic acid groups (broad SMARTS) is 1. The highest BCUT2D eigenvalue weighted by Crippen LogP contribution is 2.12. The molecule has 1 aromatic heterocycles. The van der Waals surface area contributed by atoms with E-state index in [1.807, 2.05) is 26.0 Å². The number of nitrogens with one attached hydrogen (secondary N) is 2. The lowest BCUT2D eigenvalue weighted by Gasteiger charge is -2.16. The summed E-state index contributed by atoms with van der Waals surface area (Å²) in [6.07, 6.45) is 1.80. The number of rotatable bonds is 5. The van der Waals surface area contributed by atoms with E-state index in [9.17, 15) is 4.79 Å². The van der Waals surface area contributed by atoms with Crippen LogP contribution in [0.2, 0.25) is 0 Å². The lowest BCUT2D eigenvalue weighted by Crippen LogP contribution is -2.27. The van der Waals surface area contributed by atoms with E-state index in [2.05, 4.69) is 10.3 Å². The summed E-state index contributed by atoms with van der Waals surface area (Å²) < 4.78 is 0. The van der Waals surface area contributed by atoms with E-state index in [0.717, 1.165) is 5.82 Å². The fourth-order valence-electron chi connectivity index (χ4n) is 1.27. The smallest absolute Gasteiger partial charge is 0.308 e. The van der Waals surface area contributed by atoms with Gasteiger partial charge in [-0.3, -0.25) is 4.79 Å². The van der Waals surface area contributed by atoms with Gasteiger partial charge in [0.05, 0.1) is 5.92 Å². The van der Waals surface area contributed by atoms with Gasteiger partial charge < -0.3 is 15.4 Å². The first-order chi connectivity index (χ1) is 6.61. The number of hydrogen-bond acceptors (Lipinski definition) is 2. The van der Waals surface area contributed by atoms with Crippen LogP contribution in [0.5, 0.6) is 0 Å². The Hall–Kier alpha value is -1.45. The molecule has 0 aliphatic rings. The Morgan fingerprint density at radius 3 is 2.79 bits per heavy atom. The minimum Gasteiger partial charge on any atom is -0.481 e. The Labute approximate surface area is 83.3 Å². The number of anilines is 1. The molecule has 0 saturated carbocycles. The number of carbonyl (C=O) groups is 1. The number of carboxylic acids is 1. The Morgan fingerprint density at radius 2 is 2.36 bits per heavy atom. The molecule has 14 heavy (non-hydrogen) atoms. The molecule has 1 unspecified atom stereocenters.